The van der Waals surface area contributed by atoms with Gasteiger partial charge in [-0.3, -0.25) is 29.1 Å². The lowest BCUT2D eigenvalue weighted by Crippen LogP contribution is -2.51. The maximum atomic E-state index is 11.7. The van der Waals surface area contributed by atoms with Gasteiger partial charge in [0.25, 0.3) is 0 Å². The number of likely N-dealkylation sites (N-methyl/N-ethyl adjacent to an activating group) is 2. The van der Waals surface area contributed by atoms with E-state index in [1.807, 2.05) is 36.2 Å². The normalized spacial score (nSPS) is 17.7. The van der Waals surface area contributed by atoms with Crippen molar-refractivity contribution in [2.24, 2.45) is 4.99 Å². The SMILES string of the molecule is CN1CCN(C)CCN(CC(CCCc2ccc(N=C=S)cc2)N(CC(=O)O)CC(=O)O)CCN(CC(=O)O)CC1. The van der Waals surface area contributed by atoms with Gasteiger partial charge in [0.05, 0.1) is 30.5 Å². The molecule has 1 unspecified atom stereocenters. The first kappa shape index (κ1) is 34.4. The molecule has 0 aliphatic carbocycles. The molecule has 1 aliphatic rings. The average Bonchev–Trinajstić information content (AvgIpc) is 2.90. The molecular weight excluding hydrogens is 548 g/mol. The van der Waals surface area contributed by atoms with Crippen LogP contribution in [-0.2, 0) is 20.8 Å². The lowest BCUT2D eigenvalue weighted by molar-refractivity contribution is -0.143. The highest BCUT2D eigenvalue weighted by Gasteiger charge is 2.26. The molecule has 1 aromatic carbocycles. The minimum Gasteiger partial charge on any atom is -0.480 e. The summed E-state index contributed by atoms with van der Waals surface area (Å²) in [6, 6.07) is 7.35. The number of nitrogens with zero attached hydrogens (tertiary/aromatic N) is 6. The van der Waals surface area contributed by atoms with Crippen molar-refractivity contribution in [2.45, 2.75) is 25.3 Å². The largest absolute Gasteiger partial charge is 0.480 e. The highest BCUT2D eigenvalue weighted by molar-refractivity contribution is 7.78. The van der Waals surface area contributed by atoms with Crippen LogP contribution in [0.4, 0.5) is 5.69 Å². The van der Waals surface area contributed by atoms with Crippen molar-refractivity contribution in [3.63, 3.8) is 0 Å². The van der Waals surface area contributed by atoms with E-state index in [4.69, 9.17) is 0 Å². The number of rotatable bonds is 14. The zero-order valence-electron chi connectivity index (χ0n) is 24.2. The van der Waals surface area contributed by atoms with Gasteiger partial charge in [-0.05, 0) is 63.3 Å². The van der Waals surface area contributed by atoms with E-state index in [0.29, 0.717) is 39.1 Å². The third kappa shape index (κ3) is 14.6. The molecule has 2 rings (SSSR count). The van der Waals surface area contributed by atoms with Crippen molar-refractivity contribution >= 4 is 41.0 Å². The van der Waals surface area contributed by atoms with E-state index in [1.165, 1.54) is 4.90 Å². The minimum atomic E-state index is -1.07. The number of carboxylic acids is 3. The Balaban J connectivity index is 2.21. The van der Waals surface area contributed by atoms with Gasteiger partial charge in [-0.2, -0.15) is 4.99 Å². The van der Waals surface area contributed by atoms with E-state index in [1.54, 1.807) is 0 Å². The molecule has 0 bridgehead atoms. The fraction of sp³-hybridized carbons (Fsp3) is 0.643. The molecule has 0 aromatic heterocycles. The van der Waals surface area contributed by atoms with Gasteiger partial charge in [-0.15, -0.1) is 0 Å². The zero-order valence-corrected chi connectivity index (χ0v) is 25.0. The van der Waals surface area contributed by atoms with Crippen molar-refractivity contribution in [2.75, 3.05) is 92.6 Å². The Bertz CT molecular complexity index is 1010. The molecule has 12 nitrogen and oxygen atoms in total. The van der Waals surface area contributed by atoms with Crippen molar-refractivity contribution in [1.29, 1.82) is 0 Å². The third-order valence-corrected chi connectivity index (χ3v) is 7.42. The van der Waals surface area contributed by atoms with Crippen LogP contribution in [-0.4, -0.2) is 162 Å². The molecule has 1 aliphatic heterocycles. The number of hydrogen-bond acceptors (Lipinski definition) is 10. The third-order valence-electron chi connectivity index (χ3n) is 7.33. The summed E-state index contributed by atoms with van der Waals surface area (Å²) < 4.78 is 0. The van der Waals surface area contributed by atoms with Crippen LogP contribution in [0.1, 0.15) is 18.4 Å². The average molecular weight is 593 g/mol. The number of aliphatic imine (C=N–C) groups is 1. The van der Waals surface area contributed by atoms with Crippen molar-refractivity contribution in [3.05, 3.63) is 29.8 Å². The first-order valence-corrected chi connectivity index (χ1v) is 14.3. The predicted octanol–water partition coefficient (Wildman–Crippen LogP) is 1.15. The molecule has 0 spiro atoms. The summed E-state index contributed by atoms with van der Waals surface area (Å²) in [5.41, 5.74) is 1.82. The van der Waals surface area contributed by atoms with Gasteiger partial charge in [0.1, 0.15) is 0 Å². The smallest absolute Gasteiger partial charge is 0.317 e. The molecule has 13 heteroatoms. The van der Waals surface area contributed by atoms with E-state index in [-0.39, 0.29) is 25.7 Å². The summed E-state index contributed by atoms with van der Waals surface area (Å²) in [5.74, 6) is -3.02. The van der Waals surface area contributed by atoms with Gasteiger partial charge in [0.2, 0.25) is 0 Å². The highest BCUT2D eigenvalue weighted by atomic mass is 32.1. The molecule has 0 amide bonds. The summed E-state index contributed by atoms with van der Waals surface area (Å²) in [4.78, 5) is 49.0. The molecule has 1 saturated heterocycles. The number of benzene rings is 1. The molecule has 0 saturated carbocycles. The second-order valence-electron chi connectivity index (χ2n) is 10.7. The molecule has 1 aromatic rings. The molecule has 1 fully saturated rings. The van der Waals surface area contributed by atoms with Gasteiger partial charge in [-0.1, -0.05) is 12.1 Å². The lowest BCUT2D eigenvalue weighted by atomic mass is 10.0. The van der Waals surface area contributed by atoms with Crippen LogP contribution in [0.3, 0.4) is 0 Å². The molecule has 0 radical (unpaired) electrons. The lowest BCUT2D eigenvalue weighted by Gasteiger charge is -2.36. The van der Waals surface area contributed by atoms with Crippen molar-refractivity contribution in [3.8, 4) is 0 Å². The summed E-state index contributed by atoms with van der Waals surface area (Å²) in [5, 5.41) is 30.9. The number of carbonyl (C=O) groups is 3. The standard InChI is InChI=1S/C28H44N6O6S/c1-30-10-11-31(2)13-15-33(19-26(35)36)17-16-32(14-12-30)18-25(34(20-27(37)38)21-28(39)40)5-3-4-23-6-8-24(9-7-23)29-22-41/h6-9,25H,3-5,10-21H2,1-2H3,(H,35,36)(H,37,38)(H,39,40). The van der Waals surface area contributed by atoms with Crippen LogP contribution >= 0.6 is 12.2 Å². The number of aliphatic carboxylic acids is 3. The maximum absolute atomic E-state index is 11.7. The summed E-state index contributed by atoms with van der Waals surface area (Å²) >= 11 is 4.65. The summed E-state index contributed by atoms with van der Waals surface area (Å²) in [7, 11) is 4.10. The van der Waals surface area contributed by atoms with Crippen LogP contribution in [0.25, 0.3) is 0 Å². The van der Waals surface area contributed by atoms with E-state index in [2.05, 4.69) is 44.1 Å². The fourth-order valence-corrected chi connectivity index (χ4v) is 5.01. The van der Waals surface area contributed by atoms with Gasteiger partial charge >= 0.3 is 17.9 Å². The highest BCUT2D eigenvalue weighted by Crippen LogP contribution is 2.17. The molecule has 1 atom stereocenters. The summed E-state index contributed by atoms with van der Waals surface area (Å²) in [6.45, 7) is 5.44. The van der Waals surface area contributed by atoms with Crippen LogP contribution < -0.4 is 0 Å². The van der Waals surface area contributed by atoms with Gasteiger partial charge in [0, 0.05) is 64.9 Å². The Morgan fingerprint density at radius 2 is 1.37 bits per heavy atom. The summed E-state index contributed by atoms with van der Waals surface area (Å²) in [6.07, 6.45) is 2.09. The monoisotopic (exact) mass is 592 g/mol. The van der Waals surface area contributed by atoms with E-state index in [0.717, 1.165) is 50.3 Å². The molecule has 3 N–H and O–H groups in total. The van der Waals surface area contributed by atoms with Gasteiger partial charge in [0.15, 0.2) is 0 Å². The quantitative estimate of drug-likeness (QED) is 0.211. The molecule has 1 heterocycles. The number of isothiocyanates is 1. The van der Waals surface area contributed by atoms with Crippen molar-refractivity contribution < 1.29 is 29.7 Å². The second-order valence-corrected chi connectivity index (χ2v) is 10.9. The number of carboxylic acid groups (broad SMARTS) is 3. The first-order chi connectivity index (χ1) is 19.5. The Morgan fingerprint density at radius 3 is 1.90 bits per heavy atom. The number of aryl methyl sites for hydroxylation is 1. The first-order valence-electron chi connectivity index (χ1n) is 13.9. The van der Waals surface area contributed by atoms with Gasteiger partial charge < -0.3 is 25.1 Å². The predicted molar refractivity (Wildman–Crippen MR) is 160 cm³/mol. The van der Waals surface area contributed by atoms with E-state index >= 15 is 0 Å². The Labute approximate surface area is 247 Å². The Hall–Kier alpha value is -2.77. The maximum Gasteiger partial charge on any atom is 0.317 e. The fourth-order valence-electron chi connectivity index (χ4n) is 4.91. The van der Waals surface area contributed by atoms with Crippen LogP contribution in [0.5, 0.6) is 0 Å². The molecule has 228 valence electrons. The second kappa shape index (κ2) is 18.6. The van der Waals surface area contributed by atoms with Gasteiger partial charge in [-0.25, -0.2) is 0 Å². The number of hydrogen-bond donors (Lipinski definition) is 3. The van der Waals surface area contributed by atoms with Crippen molar-refractivity contribution in [1.82, 2.24) is 24.5 Å². The zero-order chi connectivity index (χ0) is 30.2. The van der Waals surface area contributed by atoms with Crippen LogP contribution in [0.15, 0.2) is 29.3 Å². The minimum absolute atomic E-state index is 0.0518. The molecular formula is C28H44N6O6S. The topological polar surface area (TPSA) is 140 Å². The van der Waals surface area contributed by atoms with Crippen LogP contribution in [0, 0.1) is 0 Å². The Morgan fingerprint density at radius 1 is 0.854 bits per heavy atom. The molecule has 41 heavy (non-hydrogen) atoms. The Kier molecular flexibility index (Phi) is 15.6. The van der Waals surface area contributed by atoms with E-state index in [9.17, 15) is 29.7 Å². The number of thiocarbonyl (C=S) groups is 1. The van der Waals surface area contributed by atoms with E-state index < -0.39 is 17.9 Å². The van der Waals surface area contributed by atoms with Crippen LogP contribution in [0.2, 0.25) is 0 Å².